The van der Waals surface area contributed by atoms with Crippen molar-refractivity contribution in [2.24, 2.45) is 5.10 Å². The predicted octanol–water partition coefficient (Wildman–Crippen LogP) is 4.41. The van der Waals surface area contributed by atoms with Gasteiger partial charge in [-0.1, -0.05) is 41.9 Å². The molecule has 0 aliphatic heterocycles. The molecule has 30 heavy (non-hydrogen) atoms. The molecule has 0 spiro atoms. The monoisotopic (exact) mass is 471 g/mol. The summed E-state index contributed by atoms with van der Waals surface area (Å²) in [6.45, 7) is 5.49. The molecule has 0 saturated carbocycles. The smallest absolute Gasteiger partial charge is 0.344 e. The molecule has 2 aromatic carbocycles. The van der Waals surface area contributed by atoms with Crippen molar-refractivity contribution in [2.45, 2.75) is 39.2 Å². The van der Waals surface area contributed by atoms with E-state index < -0.39 is 12.1 Å². The lowest BCUT2D eigenvalue weighted by Crippen LogP contribution is -2.24. The molecule has 0 amide bonds. The van der Waals surface area contributed by atoms with Crippen molar-refractivity contribution < 1.29 is 14.6 Å². The fraction of sp³-hybridized carbons (Fsp3) is 0.273. The Labute approximate surface area is 182 Å². The van der Waals surface area contributed by atoms with Crippen molar-refractivity contribution in [3.05, 3.63) is 68.7 Å². The highest BCUT2D eigenvalue weighted by atomic mass is 79.9. The van der Waals surface area contributed by atoms with Gasteiger partial charge in [-0.2, -0.15) is 9.78 Å². The summed E-state index contributed by atoms with van der Waals surface area (Å²) in [6, 6.07) is 12.3. The van der Waals surface area contributed by atoms with Crippen LogP contribution in [0, 0.1) is 0 Å². The SMILES string of the molecule is CC[C@H](C)c1nc2ccc(Br)cc2c(=O)n1N=Cc1cccc(O[C@@H](C)C(=O)O)c1. The lowest BCUT2D eigenvalue weighted by molar-refractivity contribution is -0.144. The molecule has 0 radical (unpaired) electrons. The predicted molar refractivity (Wildman–Crippen MR) is 120 cm³/mol. The molecule has 0 fully saturated rings. The van der Waals surface area contributed by atoms with Gasteiger partial charge in [-0.3, -0.25) is 4.79 Å². The molecular weight excluding hydrogens is 450 g/mol. The summed E-state index contributed by atoms with van der Waals surface area (Å²) in [5.41, 5.74) is 1.05. The fourth-order valence-corrected chi connectivity index (χ4v) is 3.19. The lowest BCUT2D eigenvalue weighted by Gasteiger charge is -2.14. The van der Waals surface area contributed by atoms with E-state index in [4.69, 9.17) is 9.84 Å². The van der Waals surface area contributed by atoms with E-state index in [1.165, 1.54) is 17.8 Å². The number of carbonyl (C=O) groups is 1. The molecule has 8 heteroatoms. The lowest BCUT2D eigenvalue weighted by atomic mass is 10.1. The molecule has 2 atom stereocenters. The van der Waals surface area contributed by atoms with E-state index in [0.29, 0.717) is 28.0 Å². The highest BCUT2D eigenvalue weighted by Crippen LogP contribution is 2.21. The van der Waals surface area contributed by atoms with Crippen LogP contribution in [0.1, 0.15) is 44.5 Å². The first-order valence-corrected chi connectivity index (χ1v) is 10.4. The topological polar surface area (TPSA) is 93.8 Å². The quantitative estimate of drug-likeness (QED) is 0.515. The highest BCUT2D eigenvalue weighted by molar-refractivity contribution is 9.10. The van der Waals surface area contributed by atoms with E-state index in [2.05, 4.69) is 26.0 Å². The number of nitrogens with zero attached hydrogens (tertiary/aromatic N) is 3. The van der Waals surface area contributed by atoms with Gasteiger partial charge in [-0.25, -0.2) is 9.78 Å². The van der Waals surface area contributed by atoms with Crippen LogP contribution in [-0.2, 0) is 4.79 Å². The minimum Gasteiger partial charge on any atom is -0.479 e. The third-order valence-corrected chi connectivity index (χ3v) is 5.22. The molecule has 7 nitrogen and oxygen atoms in total. The first-order chi connectivity index (χ1) is 14.3. The van der Waals surface area contributed by atoms with Crippen LogP contribution in [0.4, 0.5) is 0 Å². The second-order valence-corrected chi connectivity index (χ2v) is 7.89. The number of aliphatic carboxylic acids is 1. The number of fused-ring (bicyclic) bond motifs is 1. The Kier molecular flexibility index (Phi) is 6.66. The maximum Gasteiger partial charge on any atom is 0.344 e. The molecule has 156 valence electrons. The van der Waals surface area contributed by atoms with Crippen molar-refractivity contribution >= 4 is 39.0 Å². The van der Waals surface area contributed by atoms with Crippen LogP contribution < -0.4 is 10.3 Å². The number of carboxylic acids is 1. The number of halogens is 1. The Morgan fingerprint density at radius 2 is 2.07 bits per heavy atom. The Morgan fingerprint density at radius 3 is 2.77 bits per heavy atom. The van der Waals surface area contributed by atoms with Gasteiger partial charge in [-0.15, -0.1) is 0 Å². The van der Waals surface area contributed by atoms with E-state index in [-0.39, 0.29) is 11.5 Å². The molecule has 0 saturated heterocycles. The van der Waals surface area contributed by atoms with E-state index in [9.17, 15) is 9.59 Å². The highest BCUT2D eigenvalue weighted by Gasteiger charge is 2.16. The molecule has 1 N–H and O–H groups in total. The Morgan fingerprint density at radius 1 is 1.30 bits per heavy atom. The molecule has 0 aliphatic rings. The zero-order valence-electron chi connectivity index (χ0n) is 16.9. The van der Waals surface area contributed by atoms with E-state index in [1.807, 2.05) is 26.0 Å². The van der Waals surface area contributed by atoms with E-state index >= 15 is 0 Å². The van der Waals surface area contributed by atoms with Gasteiger partial charge < -0.3 is 9.84 Å². The Bertz CT molecular complexity index is 1170. The van der Waals surface area contributed by atoms with Crippen molar-refractivity contribution in [3.8, 4) is 5.75 Å². The molecule has 3 aromatic rings. The zero-order chi connectivity index (χ0) is 21.8. The second-order valence-electron chi connectivity index (χ2n) is 6.97. The number of rotatable bonds is 7. The molecule has 3 rings (SSSR count). The molecule has 1 aromatic heterocycles. The van der Waals surface area contributed by atoms with Crippen LogP contribution in [0.15, 0.2) is 56.8 Å². The third-order valence-electron chi connectivity index (χ3n) is 4.73. The summed E-state index contributed by atoms with van der Waals surface area (Å²) >= 11 is 3.40. The minimum atomic E-state index is -1.05. The maximum atomic E-state index is 13.1. The van der Waals surface area contributed by atoms with Gasteiger partial charge in [0, 0.05) is 10.4 Å². The van der Waals surface area contributed by atoms with Crippen molar-refractivity contribution in [3.63, 3.8) is 0 Å². The van der Waals surface area contributed by atoms with Crippen molar-refractivity contribution in [1.29, 1.82) is 0 Å². The van der Waals surface area contributed by atoms with Crippen LogP contribution in [0.5, 0.6) is 5.75 Å². The van der Waals surface area contributed by atoms with Crippen molar-refractivity contribution in [1.82, 2.24) is 9.66 Å². The average molecular weight is 472 g/mol. The van der Waals surface area contributed by atoms with Crippen LogP contribution >= 0.6 is 15.9 Å². The van der Waals surface area contributed by atoms with Crippen molar-refractivity contribution in [2.75, 3.05) is 0 Å². The summed E-state index contributed by atoms with van der Waals surface area (Å²) < 4.78 is 7.51. The van der Waals surface area contributed by atoms with Gasteiger partial charge in [0.05, 0.1) is 17.1 Å². The maximum absolute atomic E-state index is 13.1. The standard InChI is InChI=1S/C22H22BrN3O4/c1-4-13(2)20-25-19-9-8-16(23)11-18(19)21(27)26(20)24-12-15-6-5-7-17(10-15)30-14(3)22(28)29/h5-14H,4H2,1-3H3,(H,28,29)/t13-,14-/m0/s1. The van der Waals surface area contributed by atoms with Crippen LogP contribution in [0.25, 0.3) is 10.9 Å². The van der Waals surface area contributed by atoms with Crippen LogP contribution in [0.3, 0.4) is 0 Å². The fourth-order valence-electron chi connectivity index (χ4n) is 2.83. The average Bonchev–Trinajstić information content (AvgIpc) is 2.73. The number of benzene rings is 2. The third kappa shape index (κ3) is 4.76. The summed E-state index contributed by atoms with van der Waals surface area (Å²) in [7, 11) is 0. The van der Waals surface area contributed by atoms with E-state index in [0.717, 1.165) is 10.9 Å². The Hall–Kier alpha value is -3.00. The van der Waals surface area contributed by atoms with Crippen LogP contribution in [-0.4, -0.2) is 33.1 Å². The summed E-state index contributed by atoms with van der Waals surface area (Å²) in [5.74, 6) is -0.0226. The molecule has 0 bridgehead atoms. The second kappa shape index (κ2) is 9.21. The molecule has 0 aliphatic carbocycles. The van der Waals surface area contributed by atoms with E-state index in [1.54, 1.807) is 30.3 Å². The van der Waals surface area contributed by atoms with Gasteiger partial charge in [0.25, 0.3) is 5.56 Å². The summed E-state index contributed by atoms with van der Waals surface area (Å²) in [5, 5.41) is 13.9. The van der Waals surface area contributed by atoms with Crippen LogP contribution in [0.2, 0.25) is 0 Å². The number of ether oxygens (including phenoxy) is 1. The Balaban J connectivity index is 2.04. The largest absolute Gasteiger partial charge is 0.479 e. The van der Waals surface area contributed by atoms with Gasteiger partial charge in [0.2, 0.25) is 0 Å². The van der Waals surface area contributed by atoms with Gasteiger partial charge >= 0.3 is 5.97 Å². The number of carboxylic acid groups (broad SMARTS) is 1. The normalized spacial score (nSPS) is 13.5. The number of aromatic nitrogens is 2. The first-order valence-electron chi connectivity index (χ1n) is 9.56. The molecule has 0 unspecified atom stereocenters. The first kappa shape index (κ1) is 21.7. The summed E-state index contributed by atoms with van der Waals surface area (Å²) in [4.78, 5) is 28.8. The van der Waals surface area contributed by atoms with Gasteiger partial charge in [0.1, 0.15) is 11.6 Å². The number of hydrogen-bond donors (Lipinski definition) is 1. The van der Waals surface area contributed by atoms with Gasteiger partial charge in [0.15, 0.2) is 6.10 Å². The number of hydrogen-bond acceptors (Lipinski definition) is 5. The molecular formula is C22H22BrN3O4. The van der Waals surface area contributed by atoms with Gasteiger partial charge in [-0.05, 0) is 49.2 Å². The minimum absolute atomic E-state index is 0.0361. The zero-order valence-corrected chi connectivity index (χ0v) is 18.5. The summed E-state index contributed by atoms with van der Waals surface area (Å²) in [6.07, 6.45) is 1.37. The molecule has 1 heterocycles.